The summed E-state index contributed by atoms with van der Waals surface area (Å²) in [5.74, 6) is 0.971. The van der Waals surface area contributed by atoms with E-state index in [0.29, 0.717) is 0 Å². The van der Waals surface area contributed by atoms with Crippen LogP contribution in [0.3, 0.4) is 0 Å². The van der Waals surface area contributed by atoms with Gasteiger partial charge in [0.25, 0.3) is 0 Å². The molecule has 1 atom stereocenters. The predicted octanol–water partition coefficient (Wildman–Crippen LogP) is 3.70. The van der Waals surface area contributed by atoms with Crippen molar-refractivity contribution in [2.75, 3.05) is 18.0 Å². The molecule has 3 rings (SSSR count). The van der Waals surface area contributed by atoms with E-state index in [4.69, 9.17) is 4.74 Å². The molecule has 1 aliphatic rings. The first kappa shape index (κ1) is 14.5. The lowest BCUT2D eigenvalue weighted by molar-refractivity contribution is 0.194. The van der Waals surface area contributed by atoms with Crippen molar-refractivity contribution in [2.24, 2.45) is 0 Å². The molecule has 0 radical (unpaired) electrons. The molecule has 0 spiro atoms. The number of aryl methyl sites for hydroxylation is 1. The second kappa shape index (κ2) is 6.14. The van der Waals surface area contributed by atoms with Crippen molar-refractivity contribution in [2.45, 2.75) is 19.4 Å². The van der Waals surface area contributed by atoms with Gasteiger partial charge in [-0.25, -0.2) is 0 Å². The predicted molar refractivity (Wildman–Crippen MR) is 89.8 cm³/mol. The van der Waals surface area contributed by atoms with Crippen LogP contribution in [0.4, 0.5) is 5.69 Å². The second-order valence-electron chi connectivity index (χ2n) is 5.78. The fourth-order valence-corrected chi connectivity index (χ4v) is 2.84. The number of hydrogen-bond acceptors (Lipinski definition) is 3. The Labute approximate surface area is 131 Å². The third-order valence-electron chi connectivity index (χ3n) is 3.94. The lowest BCUT2D eigenvalue weighted by Crippen LogP contribution is -2.41. The molecule has 2 aromatic rings. The van der Waals surface area contributed by atoms with Gasteiger partial charge in [-0.1, -0.05) is 35.9 Å². The van der Waals surface area contributed by atoms with Gasteiger partial charge in [-0.3, -0.25) is 0 Å². The Balaban J connectivity index is 1.82. The highest BCUT2D eigenvalue weighted by atomic mass is 16.5. The number of phenols is 1. The molecule has 0 fully saturated rings. The highest BCUT2D eigenvalue weighted by Crippen LogP contribution is 2.36. The van der Waals surface area contributed by atoms with Crippen LogP contribution in [0, 0.1) is 6.92 Å². The van der Waals surface area contributed by atoms with Crippen molar-refractivity contribution in [3.05, 3.63) is 66.2 Å². The van der Waals surface area contributed by atoms with Crippen LogP contribution in [-0.4, -0.2) is 24.3 Å². The Kier molecular flexibility index (Phi) is 4.05. The van der Waals surface area contributed by atoms with Crippen molar-refractivity contribution >= 4 is 5.69 Å². The van der Waals surface area contributed by atoms with Gasteiger partial charge in [-0.2, -0.15) is 0 Å². The molecule has 0 amide bonds. The van der Waals surface area contributed by atoms with E-state index < -0.39 is 0 Å². The minimum atomic E-state index is 0.0666. The van der Waals surface area contributed by atoms with Crippen molar-refractivity contribution in [3.8, 4) is 11.5 Å². The van der Waals surface area contributed by atoms with Crippen LogP contribution < -0.4 is 9.64 Å². The van der Waals surface area contributed by atoms with E-state index in [2.05, 4.69) is 42.7 Å². The monoisotopic (exact) mass is 295 g/mol. The highest BCUT2D eigenvalue weighted by Gasteiger charge is 2.25. The minimum absolute atomic E-state index is 0.0666. The molecular weight excluding hydrogens is 274 g/mol. The number of ether oxygens (including phenoxy) is 1. The smallest absolute Gasteiger partial charge is 0.146 e. The lowest BCUT2D eigenvalue weighted by Gasteiger charge is -2.36. The van der Waals surface area contributed by atoms with Crippen LogP contribution in [-0.2, 0) is 6.42 Å². The van der Waals surface area contributed by atoms with E-state index in [1.165, 1.54) is 11.1 Å². The van der Waals surface area contributed by atoms with E-state index in [1.807, 2.05) is 12.1 Å². The molecule has 0 bridgehead atoms. The summed E-state index contributed by atoms with van der Waals surface area (Å²) >= 11 is 0. The first-order chi connectivity index (χ1) is 10.7. The maximum Gasteiger partial charge on any atom is 0.146 e. The largest absolute Gasteiger partial charge is 0.508 e. The second-order valence-corrected chi connectivity index (χ2v) is 5.78. The molecule has 22 heavy (non-hydrogen) atoms. The Morgan fingerprint density at radius 1 is 1.27 bits per heavy atom. The zero-order valence-electron chi connectivity index (χ0n) is 12.8. The maximum absolute atomic E-state index is 9.69. The molecule has 0 aromatic heterocycles. The molecule has 0 saturated heterocycles. The van der Waals surface area contributed by atoms with Gasteiger partial charge in [0.05, 0.1) is 12.2 Å². The number of fused-ring (bicyclic) bond motifs is 1. The summed E-state index contributed by atoms with van der Waals surface area (Å²) < 4.78 is 6.09. The Morgan fingerprint density at radius 3 is 2.77 bits per heavy atom. The summed E-state index contributed by atoms with van der Waals surface area (Å²) in [6, 6.07) is 13.8. The number of aromatic hydroxyl groups is 1. The fraction of sp³-hybridized carbons (Fsp3) is 0.263. The molecule has 1 unspecified atom stereocenters. The average Bonchev–Trinajstić information content (AvgIpc) is 2.49. The van der Waals surface area contributed by atoms with Gasteiger partial charge in [-0.05, 0) is 24.6 Å². The van der Waals surface area contributed by atoms with E-state index in [1.54, 1.807) is 12.1 Å². The van der Waals surface area contributed by atoms with Crippen LogP contribution in [0.25, 0.3) is 0 Å². The molecule has 0 aliphatic carbocycles. The Morgan fingerprint density at radius 2 is 2.05 bits per heavy atom. The van der Waals surface area contributed by atoms with Crippen LogP contribution in [0.2, 0.25) is 0 Å². The van der Waals surface area contributed by atoms with Crippen molar-refractivity contribution in [1.29, 1.82) is 0 Å². The van der Waals surface area contributed by atoms with Crippen LogP contribution in [0.5, 0.6) is 11.5 Å². The number of nitrogens with zero attached hydrogens (tertiary/aromatic N) is 1. The number of benzene rings is 2. The molecule has 1 N–H and O–H groups in total. The molecule has 3 heteroatoms. The van der Waals surface area contributed by atoms with Gasteiger partial charge < -0.3 is 14.7 Å². The van der Waals surface area contributed by atoms with Gasteiger partial charge >= 0.3 is 0 Å². The summed E-state index contributed by atoms with van der Waals surface area (Å²) in [6.07, 6.45) is 2.81. The number of rotatable bonds is 4. The first-order valence-electron chi connectivity index (χ1n) is 7.57. The van der Waals surface area contributed by atoms with Crippen molar-refractivity contribution < 1.29 is 9.84 Å². The summed E-state index contributed by atoms with van der Waals surface area (Å²) in [7, 11) is 0. The molecule has 2 aromatic carbocycles. The fourth-order valence-electron chi connectivity index (χ4n) is 2.84. The van der Waals surface area contributed by atoms with Crippen molar-refractivity contribution in [3.63, 3.8) is 0 Å². The number of phenolic OH excluding ortho intramolecular Hbond substituents is 1. The molecule has 114 valence electrons. The average molecular weight is 295 g/mol. The molecule has 3 nitrogen and oxygen atoms in total. The van der Waals surface area contributed by atoms with E-state index in [9.17, 15) is 5.11 Å². The Hall–Kier alpha value is -2.42. The topological polar surface area (TPSA) is 32.7 Å². The lowest BCUT2D eigenvalue weighted by atomic mass is 10.0. The van der Waals surface area contributed by atoms with Crippen LogP contribution >= 0.6 is 0 Å². The van der Waals surface area contributed by atoms with Crippen molar-refractivity contribution in [1.82, 2.24) is 0 Å². The third-order valence-corrected chi connectivity index (χ3v) is 3.94. The van der Waals surface area contributed by atoms with Gasteiger partial charge in [-0.15, -0.1) is 6.58 Å². The first-order valence-corrected chi connectivity index (χ1v) is 7.57. The standard InChI is InChI=1S/C19H21NO2/c1-3-10-20-13-17(11-15-6-4-14(2)5-7-15)22-19-12-16(21)8-9-18(19)20/h3-9,12,17,21H,1,10-11,13H2,2H3. The van der Waals surface area contributed by atoms with Gasteiger partial charge in [0, 0.05) is 19.0 Å². The normalized spacial score (nSPS) is 16.8. The SMILES string of the molecule is C=CCN1CC(Cc2ccc(C)cc2)Oc2cc(O)ccc21. The van der Waals surface area contributed by atoms with Gasteiger partial charge in [0.2, 0.25) is 0 Å². The summed E-state index contributed by atoms with van der Waals surface area (Å²) in [5, 5.41) is 9.69. The zero-order chi connectivity index (χ0) is 15.5. The van der Waals surface area contributed by atoms with Crippen LogP contribution in [0.1, 0.15) is 11.1 Å². The third kappa shape index (κ3) is 3.08. The highest BCUT2D eigenvalue weighted by molar-refractivity contribution is 5.62. The molecule has 1 heterocycles. The summed E-state index contributed by atoms with van der Waals surface area (Å²) in [5.41, 5.74) is 3.53. The van der Waals surface area contributed by atoms with Gasteiger partial charge in [0.1, 0.15) is 17.6 Å². The maximum atomic E-state index is 9.69. The quantitative estimate of drug-likeness (QED) is 0.873. The van der Waals surface area contributed by atoms with E-state index in [0.717, 1.165) is 30.9 Å². The van der Waals surface area contributed by atoms with E-state index in [-0.39, 0.29) is 11.9 Å². The van der Waals surface area contributed by atoms with Crippen LogP contribution in [0.15, 0.2) is 55.1 Å². The molecule has 1 aliphatic heterocycles. The summed E-state index contributed by atoms with van der Waals surface area (Å²) in [4.78, 5) is 2.24. The summed E-state index contributed by atoms with van der Waals surface area (Å²) in [6.45, 7) is 7.51. The van der Waals surface area contributed by atoms with E-state index >= 15 is 0 Å². The molecular formula is C19H21NO2. The minimum Gasteiger partial charge on any atom is -0.508 e. The number of hydrogen-bond donors (Lipinski definition) is 1. The zero-order valence-corrected chi connectivity index (χ0v) is 12.8. The number of anilines is 1. The molecule has 0 saturated carbocycles. The van der Waals surface area contributed by atoms with Gasteiger partial charge in [0.15, 0.2) is 0 Å². The Bertz CT molecular complexity index is 664.